The van der Waals surface area contributed by atoms with E-state index in [2.05, 4.69) is 0 Å². The Labute approximate surface area is 79.1 Å². The van der Waals surface area contributed by atoms with Gasteiger partial charge in [0.2, 0.25) is 0 Å². The van der Waals surface area contributed by atoms with Crippen LogP contribution in [0.25, 0.3) is 0 Å². The van der Waals surface area contributed by atoms with Gasteiger partial charge in [-0.1, -0.05) is 12.8 Å². The topological polar surface area (TPSA) is 54.4 Å². The van der Waals surface area contributed by atoms with Crippen LogP contribution in [-0.2, 0) is 9.84 Å². The molecule has 0 bridgehead atoms. The van der Waals surface area contributed by atoms with Gasteiger partial charge in [-0.2, -0.15) is 0 Å². The average Bonchev–Trinajstić information content (AvgIpc) is 2.58. The molecule has 1 saturated heterocycles. The normalized spacial score (nSPS) is 39.8. The smallest absolute Gasteiger partial charge is 0.153 e. The summed E-state index contributed by atoms with van der Waals surface area (Å²) in [5.41, 5.74) is -0.880. The summed E-state index contributed by atoms with van der Waals surface area (Å²) in [6.07, 6.45) is 4.76. The summed E-state index contributed by atoms with van der Waals surface area (Å²) in [4.78, 5) is 0. The van der Waals surface area contributed by atoms with Crippen molar-refractivity contribution < 1.29 is 13.5 Å². The Morgan fingerprint density at radius 2 is 1.85 bits per heavy atom. The van der Waals surface area contributed by atoms with Crippen molar-refractivity contribution in [2.24, 2.45) is 5.92 Å². The van der Waals surface area contributed by atoms with Crippen molar-refractivity contribution in [3.63, 3.8) is 0 Å². The zero-order valence-electron chi connectivity index (χ0n) is 7.70. The van der Waals surface area contributed by atoms with Gasteiger partial charge < -0.3 is 5.11 Å². The fraction of sp³-hybridized carbons (Fsp3) is 1.00. The van der Waals surface area contributed by atoms with Gasteiger partial charge >= 0.3 is 0 Å². The van der Waals surface area contributed by atoms with Crippen LogP contribution in [0, 0.1) is 5.92 Å². The zero-order chi connectivity index (χ0) is 9.53. The van der Waals surface area contributed by atoms with E-state index >= 15 is 0 Å². The Bertz CT molecular complexity index is 290. The second kappa shape index (κ2) is 2.95. The molecule has 2 rings (SSSR count). The molecule has 1 aliphatic carbocycles. The monoisotopic (exact) mass is 204 g/mol. The molecular formula is C9H16O3S. The first-order valence-corrected chi connectivity index (χ1v) is 6.77. The van der Waals surface area contributed by atoms with Crippen LogP contribution in [0.3, 0.4) is 0 Å². The number of aliphatic hydroxyl groups is 1. The van der Waals surface area contributed by atoms with Crippen molar-refractivity contribution in [2.45, 2.75) is 37.7 Å². The van der Waals surface area contributed by atoms with Crippen LogP contribution < -0.4 is 0 Å². The maximum Gasteiger partial charge on any atom is 0.153 e. The van der Waals surface area contributed by atoms with Crippen LogP contribution in [0.2, 0.25) is 0 Å². The first kappa shape index (κ1) is 9.46. The Balaban J connectivity index is 2.13. The van der Waals surface area contributed by atoms with Crippen LogP contribution in [0.5, 0.6) is 0 Å². The fourth-order valence-corrected chi connectivity index (χ4v) is 4.59. The molecule has 0 spiro atoms. The molecule has 0 aromatic carbocycles. The van der Waals surface area contributed by atoms with Crippen molar-refractivity contribution in [3.05, 3.63) is 0 Å². The summed E-state index contributed by atoms with van der Waals surface area (Å²) in [7, 11) is -2.94. The molecule has 3 nitrogen and oxygen atoms in total. The van der Waals surface area contributed by atoms with Crippen LogP contribution >= 0.6 is 0 Å². The average molecular weight is 204 g/mol. The lowest BCUT2D eigenvalue weighted by atomic mass is 9.86. The SMILES string of the molecule is O=S1(=O)CCC(O)(C2CCCC2)C1. The highest BCUT2D eigenvalue weighted by molar-refractivity contribution is 7.91. The first-order chi connectivity index (χ1) is 6.02. The lowest BCUT2D eigenvalue weighted by Gasteiger charge is -2.27. The maximum absolute atomic E-state index is 11.2. The lowest BCUT2D eigenvalue weighted by molar-refractivity contribution is 0.00878. The van der Waals surface area contributed by atoms with E-state index in [0.29, 0.717) is 6.42 Å². The third-order valence-electron chi connectivity index (χ3n) is 3.43. The number of hydrogen-bond acceptors (Lipinski definition) is 3. The van der Waals surface area contributed by atoms with Crippen LogP contribution in [0.1, 0.15) is 32.1 Å². The molecule has 76 valence electrons. The molecule has 1 unspecified atom stereocenters. The largest absolute Gasteiger partial charge is 0.389 e. The number of sulfone groups is 1. The van der Waals surface area contributed by atoms with Crippen molar-refractivity contribution in [1.29, 1.82) is 0 Å². The van der Waals surface area contributed by atoms with E-state index in [1.165, 1.54) is 0 Å². The lowest BCUT2D eigenvalue weighted by Crippen LogP contribution is -2.37. The predicted molar refractivity (Wildman–Crippen MR) is 50.2 cm³/mol. The summed E-state index contributed by atoms with van der Waals surface area (Å²) in [5.74, 6) is 0.426. The molecule has 1 aliphatic heterocycles. The minimum atomic E-state index is -2.94. The second-order valence-corrected chi connectivity index (χ2v) is 6.61. The van der Waals surface area contributed by atoms with E-state index in [4.69, 9.17) is 0 Å². The number of hydrogen-bond donors (Lipinski definition) is 1. The van der Waals surface area contributed by atoms with E-state index in [1.54, 1.807) is 0 Å². The Hall–Kier alpha value is -0.0900. The van der Waals surface area contributed by atoms with Gasteiger partial charge in [-0.3, -0.25) is 0 Å². The molecule has 0 amide bonds. The van der Waals surface area contributed by atoms with Crippen molar-refractivity contribution in [3.8, 4) is 0 Å². The molecule has 2 fully saturated rings. The van der Waals surface area contributed by atoms with Gasteiger partial charge in [0.1, 0.15) is 0 Å². The highest BCUT2D eigenvalue weighted by Gasteiger charge is 2.46. The van der Waals surface area contributed by atoms with Gasteiger partial charge in [-0.15, -0.1) is 0 Å². The second-order valence-electron chi connectivity index (χ2n) is 4.43. The number of rotatable bonds is 1. The van der Waals surface area contributed by atoms with Crippen LogP contribution in [0.4, 0.5) is 0 Å². The van der Waals surface area contributed by atoms with E-state index in [9.17, 15) is 13.5 Å². The van der Waals surface area contributed by atoms with Crippen LogP contribution in [0.15, 0.2) is 0 Å². The molecule has 13 heavy (non-hydrogen) atoms. The molecule has 1 atom stereocenters. The van der Waals surface area contributed by atoms with Gasteiger partial charge in [0.25, 0.3) is 0 Å². The quantitative estimate of drug-likeness (QED) is 0.685. The fourth-order valence-electron chi connectivity index (χ4n) is 2.64. The summed E-state index contributed by atoms with van der Waals surface area (Å²) in [6, 6.07) is 0. The van der Waals surface area contributed by atoms with Crippen molar-refractivity contribution in [1.82, 2.24) is 0 Å². The molecule has 1 heterocycles. The highest BCUT2D eigenvalue weighted by Crippen LogP contribution is 2.40. The standard InChI is InChI=1S/C9H16O3S/c10-9(8-3-1-2-4-8)5-6-13(11,12)7-9/h8,10H,1-7H2. The highest BCUT2D eigenvalue weighted by atomic mass is 32.2. The molecule has 0 radical (unpaired) electrons. The summed E-state index contributed by atoms with van der Waals surface area (Å²) >= 11 is 0. The van der Waals surface area contributed by atoms with Gasteiger partial charge in [0, 0.05) is 0 Å². The van der Waals surface area contributed by atoms with Gasteiger partial charge in [0.05, 0.1) is 17.1 Å². The van der Waals surface area contributed by atoms with Gasteiger partial charge in [0.15, 0.2) is 9.84 Å². The molecule has 2 aliphatic rings. The van der Waals surface area contributed by atoms with Gasteiger partial charge in [-0.25, -0.2) is 8.42 Å². The molecule has 4 heteroatoms. The third kappa shape index (κ3) is 1.74. The van der Waals surface area contributed by atoms with E-state index in [0.717, 1.165) is 25.7 Å². The third-order valence-corrected chi connectivity index (χ3v) is 5.20. The van der Waals surface area contributed by atoms with Crippen LogP contribution in [-0.4, -0.2) is 30.6 Å². The Morgan fingerprint density at radius 3 is 2.31 bits per heavy atom. The van der Waals surface area contributed by atoms with Crippen molar-refractivity contribution >= 4 is 9.84 Å². The van der Waals surface area contributed by atoms with E-state index < -0.39 is 15.4 Å². The molecule has 1 N–H and O–H groups in total. The predicted octanol–water partition coefficient (Wildman–Crippen LogP) is 0.726. The van der Waals surface area contributed by atoms with E-state index in [-0.39, 0.29) is 17.4 Å². The summed E-state index contributed by atoms with van der Waals surface area (Å²) < 4.78 is 22.5. The summed E-state index contributed by atoms with van der Waals surface area (Å²) in [5, 5.41) is 10.1. The van der Waals surface area contributed by atoms with E-state index in [1.807, 2.05) is 0 Å². The Kier molecular flexibility index (Phi) is 2.15. The first-order valence-electron chi connectivity index (χ1n) is 4.95. The molecule has 0 aromatic heterocycles. The zero-order valence-corrected chi connectivity index (χ0v) is 8.52. The summed E-state index contributed by atoms with van der Waals surface area (Å²) in [6.45, 7) is 0. The van der Waals surface area contributed by atoms with Gasteiger partial charge in [-0.05, 0) is 25.2 Å². The Morgan fingerprint density at radius 1 is 1.23 bits per heavy atom. The minimum Gasteiger partial charge on any atom is -0.389 e. The van der Waals surface area contributed by atoms with Crippen molar-refractivity contribution in [2.75, 3.05) is 11.5 Å². The minimum absolute atomic E-state index is 0.00463. The molecule has 0 aromatic rings. The maximum atomic E-state index is 11.2. The molecule has 1 saturated carbocycles. The molecular weight excluding hydrogens is 188 g/mol.